The number of carbonyl (C=O) groups is 1. The molecule has 0 unspecified atom stereocenters. The molecule has 0 aromatic heterocycles. The molecule has 128 valence electrons. The first-order valence-corrected chi connectivity index (χ1v) is 10.3. The minimum absolute atomic E-state index is 0.320. The molecular weight excluding hydrogens is 348 g/mol. The molecule has 0 bridgehead atoms. The highest BCUT2D eigenvalue weighted by atomic mass is 79.9. The topological polar surface area (TPSA) is 17.1 Å². The Morgan fingerprint density at radius 2 is 1.57 bits per heavy atom. The third-order valence-electron chi connectivity index (χ3n) is 5.32. The summed E-state index contributed by atoms with van der Waals surface area (Å²) >= 11 is 3.42. The summed E-state index contributed by atoms with van der Waals surface area (Å²) in [6, 6.07) is 7.80. The predicted octanol–water partition coefficient (Wildman–Crippen LogP) is 7.19. The smallest absolute Gasteiger partial charge is 0.163 e. The van der Waals surface area contributed by atoms with Crippen LogP contribution in [-0.4, -0.2) is 5.78 Å². The lowest BCUT2D eigenvalue weighted by atomic mass is 9.77. The second-order valence-electron chi connectivity index (χ2n) is 7.22. The van der Waals surface area contributed by atoms with Gasteiger partial charge >= 0.3 is 0 Å². The summed E-state index contributed by atoms with van der Waals surface area (Å²) in [5.74, 6) is 1.86. The van der Waals surface area contributed by atoms with Crippen LogP contribution in [0.15, 0.2) is 28.7 Å². The Morgan fingerprint density at radius 1 is 0.957 bits per heavy atom. The van der Waals surface area contributed by atoms with E-state index in [9.17, 15) is 4.79 Å². The number of rotatable bonds is 9. The highest BCUT2D eigenvalue weighted by Crippen LogP contribution is 2.34. The lowest BCUT2D eigenvalue weighted by molar-refractivity contribution is 0.0941. The monoisotopic (exact) mass is 378 g/mol. The number of hydrogen-bond acceptors (Lipinski definition) is 1. The van der Waals surface area contributed by atoms with E-state index < -0.39 is 0 Å². The number of hydrogen-bond donors (Lipinski definition) is 0. The quantitative estimate of drug-likeness (QED) is 0.328. The van der Waals surface area contributed by atoms with Gasteiger partial charge in [-0.1, -0.05) is 86.4 Å². The molecule has 1 aromatic carbocycles. The molecule has 0 atom stereocenters. The van der Waals surface area contributed by atoms with E-state index in [2.05, 4.69) is 22.9 Å². The molecule has 0 heterocycles. The first-order valence-electron chi connectivity index (χ1n) is 9.47. The number of Topliss-reactive ketones (excluding diaryl/α,β-unsaturated/α-hetero) is 1. The van der Waals surface area contributed by atoms with Crippen LogP contribution in [0.25, 0.3) is 0 Å². The van der Waals surface area contributed by atoms with Crippen LogP contribution in [0.5, 0.6) is 0 Å². The van der Waals surface area contributed by atoms with E-state index >= 15 is 0 Å². The Hall–Kier alpha value is -0.630. The maximum atomic E-state index is 12.4. The first kappa shape index (κ1) is 18.7. The van der Waals surface area contributed by atoms with Crippen molar-refractivity contribution in [2.24, 2.45) is 11.8 Å². The van der Waals surface area contributed by atoms with Gasteiger partial charge in [0.2, 0.25) is 0 Å². The third-order valence-corrected chi connectivity index (χ3v) is 5.85. The Balaban J connectivity index is 1.64. The molecule has 0 saturated heterocycles. The standard InChI is InChI=1S/C21H31BrO/c1-2-3-4-5-6-7-17-8-10-18(11-9-17)16-21(23)19-12-14-20(22)15-13-19/h12-15,17-18H,2-11,16H2,1H3/t17-,18-. The van der Waals surface area contributed by atoms with E-state index in [-0.39, 0.29) is 0 Å². The van der Waals surface area contributed by atoms with E-state index in [0.717, 1.165) is 22.4 Å². The molecular formula is C21H31BrO. The molecule has 0 spiro atoms. The molecule has 0 amide bonds. The average molecular weight is 379 g/mol. The van der Waals surface area contributed by atoms with Gasteiger partial charge in [0.25, 0.3) is 0 Å². The van der Waals surface area contributed by atoms with Gasteiger partial charge in [0.05, 0.1) is 0 Å². The second kappa shape index (κ2) is 10.3. The highest BCUT2D eigenvalue weighted by Gasteiger charge is 2.23. The van der Waals surface area contributed by atoms with E-state index in [0.29, 0.717) is 11.7 Å². The van der Waals surface area contributed by atoms with Crippen molar-refractivity contribution in [1.82, 2.24) is 0 Å². The van der Waals surface area contributed by atoms with Crippen LogP contribution >= 0.6 is 15.9 Å². The number of carbonyl (C=O) groups excluding carboxylic acids is 1. The van der Waals surface area contributed by atoms with Gasteiger partial charge < -0.3 is 0 Å². The number of ketones is 1. The summed E-state index contributed by atoms with van der Waals surface area (Å²) in [5.41, 5.74) is 0.867. The second-order valence-corrected chi connectivity index (χ2v) is 8.14. The molecule has 23 heavy (non-hydrogen) atoms. The summed E-state index contributed by atoms with van der Waals surface area (Å²) in [6.45, 7) is 2.27. The molecule has 1 aromatic rings. The van der Waals surface area contributed by atoms with Crippen LogP contribution in [0.1, 0.15) is 87.9 Å². The predicted molar refractivity (Wildman–Crippen MR) is 102 cm³/mol. The molecule has 1 aliphatic rings. The van der Waals surface area contributed by atoms with Crippen molar-refractivity contribution in [2.75, 3.05) is 0 Å². The average Bonchev–Trinajstić information content (AvgIpc) is 2.57. The Labute approximate surface area is 150 Å². The number of unbranched alkanes of at least 4 members (excludes halogenated alkanes) is 4. The molecule has 1 nitrogen and oxygen atoms in total. The van der Waals surface area contributed by atoms with Crippen molar-refractivity contribution in [3.8, 4) is 0 Å². The Bertz CT molecular complexity index is 457. The molecule has 0 aliphatic heterocycles. The van der Waals surface area contributed by atoms with Gasteiger partial charge in [-0.2, -0.15) is 0 Å². The Kier molecular flexibility index (Phi) is 8.36. The SMILES string of the molecule is CCCCCCC[C@H]1CC[C@H](CC(=O)c2ccc(Br)cc2)CC1. The summed E-state index contributed by atoms with van der Waals surface area (Å²) in [7, 11) is 0. The zero-order valence-corrected chi connectivity index (χ0v) is 16.1. The lowest BCUT2D eigenvalue weighted by Gasteiger charge is -2.28. The van der Waals surface area contributed by atoms with Crippen molar-refractivity contribution >= 4 is 21.7 Å². The third kappa shape index (κ3) is 6.79. The van der Waals surface area contributed by atoms with Crippen LogP contribution in [0.2, 0.25) is 0 Å². The van der Waals surface area contributed by atoms with Gasteiger partial charge in [-0.05, 0) is 36.8 Å². The van der Waals surface area contributed by atoms with Gasteiger partial charge in [0.1, 0.15) is 0 Å². The van der Waals surface area contributed by atoms with Crippen LogP contribution in [0, 0.1) is 11.8 Å². The molecule has 1 fully saturated rings. The minimum Gasteiger partial charge on any atom is -0.294 e. The van der Waals surface area contributed by atoms with Crippen LogP contribution in [0.4, 0.5) is 0 Å². The molecule has 1 aliphatic carbocycles. The van der Waals surface area contributed by atoms with Gasteiger partial charge in [0.15, 0.2) is 5.78 Å². The van der Waals surface area contributed by atoms with Crippen molar-refractivity contribution in [1.29, 1.82) is 0 Å². The molecule has 1 saturated carbocycles. The normalized spacial score (nSPS) is 21.3. The summed E-state index contributed by atoms with van der Waals surface area (Å²) in [5, 5.41) is 0. The van der Waals surface area contributed by atoms with Gasteiger partial charge in [-0.3, -0.25) is 4.79 Å². The van der Waals surface area contributed by atoms with E-state index in [1.54, 1.807) is 0 Å². The molecule has 0 N–H and O–H groups in total. The fourth-order valence-corrected chi connectivity index (χ4v) is 4.04. The van der Waals surface area contributed by atoms with Crippen molar-refractivity contribution < 1.29 is 4.79 Å². The van der Waals surface area contributed by atoms with Gasteiger partial charge in [0, 0.05) is 16.5 Å². The van der Waals surface area contributed by atoms with Gasteiger partial charge in [-0.15, -0.1) is 0 Å². The summed E-state index contributed by atoms with van der Waals surface area (Å²) in [6.07, 6.45) is 14.3. The van der Waals surface area contributed by atoms with Gasteiger partial charge in [-0.25, -0.2) is 0 Å². The maximum Gasteiger partial charge on any atom is 0.163 e. The number of benzene rings is 1. The van der Waals surface area contributed by atoms with E-state index in [4.69, 9.17) is 0 Å². The maximum absolute atomic E-state index is 12.4. The molecule has 2 rings (SSSR count). The zero-order chi connectivity index (χ0) is 16.5. The van der Waals surface area contributed by atoms with E-state index in [1.807, 2.05) is 24.3 Å². The van der Waals surface area contributed by atoms with Crippen molar-refractivity contribution in [3.63, 3.8) is 0 Å². The van der Waals surface area contributed by atoms with Crippen LogP contribution in [0.3, 0.4) is 0 Å². The fourth-order valence-electron chi connectivity index (χ4n) is 3.78. The van der Waals surface area contributed by atoms with Crippen molar-refractivity contribution in [3.05, 3.63) is 34.3 Å². The molecule has 2 heteroatoms. The fraction of sp³-hybridized carbons (Fsp3) is 0.667. The van der Waals surface area contributed by atoms with E-state index in [1.165, 1.54) is 64.2 Å². The summed E-state index contributed by atoms with van der Waals surface area (Å²) in [4.78, 5) is 12.4. The van der Waals surface area contributed by atoms with Crippen LogP contribution in [-0.2, 0) is 0 Å². The lowest BCUT2D eigenvalue weighted by Crippen LogP contribution is -2.17. The Morgan fingerprint density at radius 3 is 2.22 bits per heavy atom. The molecule has 0 radical (unpaired) electrons. The zero-order valence-electron chi connectivity index (χ0n) is 14.5. The first-order chi connectivity index (χ1) is 11.2. The largest absolute Gasteiger partial charge is 0.294 e. The number of halogens is 1. The highest BCUT2D eigenvalue weighted by molar-refractivity contribution is 9.10. The van der Waals surface area contributed by atoms with Crippen LogP contribution < -0.4 is 0 Å². The minimum atomic E-state index is 0.320. The van der Waals surface area contributed by atoms with Crippen molar-refractivity contribution in [2.45, 2.75) is 77.6 Å². The summed E-state index contributed by atoms with van der Waals surface area (Å²) < 4.78 is 1.04.